The van der Waals surface area contributed by atoms with Crippen LogP contribution < -0.4 is 52.4 Å². The van der Waals surface area contributed by atoms with Crippen LogP contribution in [0, 0.1) is 0 Å². The summed E-state index contributed by atoms with van der Waals surface area (Å²) in [6, 6.07) is 112. The molecule has 0 bridgehead atoms. The first-order valence-corrected chi connectivity index (χ1v) is 31.3. The van der Waals surface area contributed by atoms with Crippen LogP contribution in [-0.4, -0.2) is 13.4 Å². The van der Waals surface area contributed by atoms with E-state index in [0.29, 0.717) is 0 Å². The Morgan fingerprint density at radius 3 is 1.45 bits per heavy atom. The fourth-order valence-corrected chi connectivity index (χ4v) is 16.8. The van der Waals surface area contributed by atoms with Crippen LogP contribution >= 0.6 is 23.5 Å². The van der Waals surface area contributed by atoms with Gasteiger partial charge in [0.1, 0.15) is 11.2 Å². The first kappa shape index (κ1) is 50.1. The van der Waals surface area contributed by atoms with Gasteiger partial charge in [-0.2, -0.15) is 0 Å². The van der Waals surface area contributed by atoms with Gasteiger partial charge in [-0.1, -0.05) is 216 Å². The molecule has 0 aliphatic carbocycles. The van der Waals surface area contributed by atoms with Gasteiger partial charge in [-0.05, 0) is 149 Å². The van der Waals surface area contributed by atoms with Gasteiger partial charge >= 0.3 is 0 Å². The molecular formula is C78H50B2N4OS2. The normalized spacial score (nSPS) is 13.1. The SMILES string of the molecule is c1ccc(-c2c(N3c4cc5c(cc4B4c6ccccc6N(c6ccccc6)c6cc(N(c7ccccc7)c7ccccc7)cc3c64)B3c4ccccc4Sc4cc(N(c6ccccc6)c6ccccc6)cc(c43)S5)ccc3oc4ccccc4c23)cc1. The Kier molecular flexibility index (Phi) is 11.6. The molecule has 0 radical (unpaired) electrons. The third-order valence-corrected chi connectivity index (χ3v) is 20.1. The Labute approximate surface area is 514 Å². The van der Waals surface area contributed by atoms with Crippen LogP contribution in [0.1, 0.15) is 0 Å². The molecule has 5 heterocycles. The van der Waals surface area contributed by atoms with E-state index >= 15 is 0 Å². The van der Waals surface area contributed by atoms with E-state index in [9.17, 15) is 0 Å². The van der Waals surface area contributed by atoms with Crippen LogP contribution in [0.3, 0.4) is 0 Å². The average molecular weight is 1150 g/mol. The number of benzene rings is 13. The highest BCUT2D eigenvalue weighted by molar-refractivity contribution is 8.01. The predicted molar refractivity (Wildman–Crippen MR) is 368 cm³/mol. The van der Waals surface area contributed by atoms with E-state index in [1.54, 1.807) is 0 Å². The quantitative estimate of drug-likeness (QED) is 0.133. The third-order valence-electron chi connectivity index (χ3n) is 17.9. The highest BCUT2D eigenvalue weighted by atomic mass is 32.2. The molecule has 13 aromatic carbocycles. The van der Waals surface area contributed by atoms with Crippen LogP contribution in [0.5, 0.6) is 0 Å². The lowest BCUT2D eigenvalue weighted by atomic mass is 9.31. The van der Waals surface area contributed by atoms with Crippen molar-refractivity contribution in [3.05, 3.63) is 303 Å². The molecule has 4 aliphatic heterocycles. The summed E-state index contributed by atoms with van der Waals surface area (Å²) in [6.45, 7) is -0.163. The lowest BCUT2D eigenvalue weighted by Gasteiger charge is -2.46. The lowest BCUT2D eigenvalue weighted by molar-refractivity contribution is 0.669. The van der Waals surface area contributed by atoms with Crippen LogP contribution in [0.2, 0.25) is 0 Å². The van der Waals surface area contributed by atoms with Crippen LogP contribution in [-0.2, 0) is 0 Å². The smallest absolute Gasteiger partial charge is 0.252 e. The van der Waals surface area contributed by atoms with Gasteiger partial charge in [0, 0.05) is 92.8 Å². The standard InChI is InChI=1S/C78H50B2N4OS2/c1-7-25-51(26-8-1)75-65(43-44-70-76(75)59-37-19-23-41-69(59)85-70)84-66-50-72-63(80-61-39-21-24-42-71(61)86-73-47-58(48-74(87-72)78(73)80)82(54-31-13-4-14-32-54)55-33-15-5-16-34-55)49-62(66)79-60-38-20-22-40-64(60)83(56-35-17-6-18-36-56)67-45-57(46-68(84)77(67)79)81(52-27-9-2-10-28-52)53-29-11-3-12-30-53/h1-50H. The molecule has 9 heteroatoms. The van der Waals surface area contributed by atoms with E-state index in [1.807, 2.05) is 23.5 Å². The van der Waals surface area contributed by atoms with Crippen LogP contribution in [0.15, 0.2) is 327 Å². The molecule has 1 aromatic heterocycles. The van der Waals surface area contributed by atoms with Crippen molar-refractivity contribution in [1.29, 1.82) is 0 Å². The molecule has 0 fully saturated rings. The molecule has 0 spiro atoms. The molecule has 0 saturated carbocycles. The van der Waals surface area contributed by atoms with Gasteiger partial charge < -0.3 is 24.0 Å². The van der Waals surface area contributed by atoms with E-state index in [4.69, 9.17) is 4.42 Å². The fourth-order valence-electron chi connectivity index (χ4n) is 14.3. The molecule has 18 rings (SSSR count). The minimum absolute atomic E-state index is 0.0138. The summed E-state index contributed by atoms with van der Waals surface area (Å²) < 4.78 is 6.83. The largest absolute Gasteiger partial charge is 0.456 e. The van der Waals surface area contributed by atoms with Crippen molar-refractivity contribution in [3.63, 3.8) is 0 Å². The van der Waals surface area contributed by atoms with Crippen LogP contribution in [0.25, 0.3) is 33.1 Å². The van der Waals surface area contributed by atoms with E-state index in [2.05, 4.69) is 323 Å². The number of hydrogen-bond donors (Lipinski definition) is 0. The minimum atomic E-state index is -0.149. The summed E-state index contributed by atoms with van der Waals surface area (Å²) >= 11 is 3.82. The summed E-state index contributed by atoms with van der Waals surface area (Å²) in [5, 5.41) is 2.18. The summed E-state index contributed by atoms with van der Waals surface area (Å²) in [6.07, 6.45) is 0. The highest BCUT2D eigenvalue weighted by Gasteiger charge is 2.47. The molecule has 14 aromatic rings. The molecule has 0 N–H and O–H groups in total. The number of rotatable bonds is 9. The van der Waals surface area contributed by atoms with E-state index in [-0.39, 0.29) is 13.4 Å². The average Bonchev–Trinajstić information content (AvgIpc) is 0.741. The number of fused-ring (bicyclic) bond motifs is 11. The van der Waals surface area contributed by atoms with Gasteiger partial charge in [0.25, 0.3) is 6.71 Å². The monoisotopic (exact) mass is 1140 g/mol. The molecule has 4 aliphatic rings. The van der Waals surface area contributed by atoms with Crippen molar-refractivity contribution in [2.45, 2.75) is 19.6 Å². The van der Waals surface area contributed by atoms with Crippen molar-refractivity contribution >= 4 is 160 Å². The summed E-state index contributed by atoms with van der Waals surface area (Å²) in [4.78, 5) is 15.1. The molecule has 0 amide bonds. The number of para-hydroxylation sites is 7. The maximum atomic E-state index is 6.83. The number of furan rings is 1. The zero-order chi connectivity index (χ0) is 57.1. The van der Waals surface area contributed by atoms with Crippen molar-refractivity contribution in [2.24, 2.45) is 0 Å². The van der Waals surface area contributed by atoms with Crippen LogP contribution in [0.4, 0.5) is 68.2 Å². The predicted octanol–water partition coefficient (Wildman–Crippen LogP) is 17.7. The zero-order valence-electron chi connectivity index (χ0n) is 47.0. The molecule has 87 heavy (non-hydrogen) atoms. The Bertz CT molecular complexity index is 4960. The van der Waals surface area contributed by atoms with Crippen molar-refractivity contribution in [1.82, 2.24) is 0 Å². The molecule has 406 valence electrons. The van der Waals surface area contributed by atoms with Crippen molar-refractivity contribution in [2.75, 3.05) is 19.6 Å². The Hall–Kier alpha value is -10.3. The second kappa shape index (κ2) is 20.2. The molecule has 0 unspecified atom stereocenters. The van der Waals surface area contributed by atoms with Gasteiger partial charge in [0.2, 0.25) is 6.71 Å². The Morgan fingerprint density at radius 2 is 0.805 bits per heavy atom. The lowest BCUT2D eigenvalue weighted by Crippen LogP contribution is -2.64. The Morgan fingerprint density at radius 1 is 0.299 bits per heavy atom. The van der Waals surface area contributed by atoms with E-state index in [1.165, 1.54) is 58.0 Å². The van der Waals surface area contributed by atoms with Gasteiger partial charge in [0.15, 0.2) is 0 Å². The number of nitrogens with zero attached hydrogens (tertiary/aromatic N) is 4. The second-order valence-electron chi connectivity index (χ2n) is 22.7. The van der Waals surface area contributed by atoms with E-state index < -0.39 is 0 Å². The summed E-state index contributed by atoms with van der Waals surface area (Å²) in [5.41, 5.74) is 25.1. The number of hydrogen-bond acceptors (Lipinski definition) is 7. The van der Waals surface area contributed by atoms with Crippen molar-refractivity contribution in [3.8, 4) is 11.1 Å². The third kappa shape index (κ3) is 7.93. The Balaban J connectivity index is 0.963. The molecular weight excluding hydrogens is 1090 g/mol. The maximum absolute atomic E-state index is 6.83. The molecule has 5 nitrogen and oxygen atoms in total. The van der Waals surface area contributed by atoms with E-state index in [0.717, 1.165) is 95.6 Å². The first-order chi connectivity index (χ1) is 43.2. The second-order valence-corrected chi connectivity index (χ2v) is 24.9. The van der Waals surface area contributed by atoms with Gasteiger partial charge in [0.05, 0.1) is 11.4 Å². The fraction of sp³-hybridized carbons (Fsp3) is 0. The highest BCUT2D eigenvalue weighted by Crippen LogP contribution is 2.53. The summed E-state index contributed by atoms with van der Waals surface area (Å²) in [5.74, 6) is 0. The van der Waals surface area contributed by atoms with Crippen molar-refractivity contribution < 1.29 is 4.42 Å². The number of anilines is 12. The molecule has 0 saturated heterocycles. The minimum Gasteiger partial charge on any atom is -0.456 e. The zero-order valence-corrected chi connectivity index (χ0v) is 48.7. The first-order valence-electron chi connectivity index (χ1n) is 29.7. The topological polar surface area (TPSA) is 26.1 Å². The van der Waals surface area contributed by atoms with Gasteiger partial charge in [-0.3, -0.25) is 0 Å². The molecule has 0 atom stereocenters. The maximum Gasteiger partial charge on any atom is 0.252 e. The summed E-state index contributed by atoms with van der Waals surface area (Å²) in [7, 11) is 0. The van der Waals surface area contributed by atoms with Gasteiger partial charge in [-0.15, -0.1) is 0 Å². The van der Waals surface area contributed by atoms with Gasteiger partial charge in [-0.25, -0.2) is 0 Å².